The Balaban J connectivity index is 3.15. The van der Waals surface area contributed by atoms with E-state index in [2.05, 4.69) is 4.98 Å². The smallest absolute Gasteiger partial charge is 0.339 e. The highest BCUT2D eigenvalue weighted by molar-refractivity contribution is 5.95. The molecule has 0 spiro atoms. The molecule has 1 aromatic heterocycles. The first-order chi connectivity index (χ1) is 8.41. The molecule has 0 aliphatic heterocycles. The van der Waals surface area contributed by atoms with Crippen molar-refractivity contribution in [2.24, 2.45) is 11.5 Å². The van der Waals surface area contributed by atoms with E-state index in [1.807, 2.05) is 0 Å². The molecule has 0 aliphatic rings. The molecule has 2 amide bonds. The van der Waals surface area contributed by atoms with E-state index in [4.69, 9.17) is 16.6 Å². The van der Waals surface area contributed by atoms with Crippen molar-refractivity contribution in [1.29, 1.82) is 0 Å². The van der Waals surface area contributed by atoms with Crippen LogP contribution < -0.4 is 16.4 Å². The molecule has 0 saturated carbocycles. The first-order valence-electron chi connectivity index (χ1n) is 4.91. The zero-order valence-corrected chi connectivity index (χ0v) is 9.37. The van der Waals surface area contributed by atoms with Crippen LogP contribution in [-0.2, 0) is 9.59 Å². The lowest BCUT2D eigenvalue weighted by atomic mass is 10.2. The van der Waals surface area contributed by atoms with Crippen molar-refractivity contribution in [3.05, 3.63) is 23.9 Å². The molecule has 5 N–H and O–H groups in total. The predicted octanol–water partition coefficient (Wildman–Crippen LogP) is -1.44. The van der Waals surface area contributed by atoms with Gasteiger partial charge in [0.05, 0.1) is 13.1 Å². The summed E-state index contributed by atoms with van der Waals surface area (Å²) in [6.07, 6.45) is 1.34. The number of pyridine rings is 1. The van der Waals surface area contributed by atoms with Crippen molar-refractivity contribution in [2.45, 2.75) is 0 Å². The number of hydrogen-bond acceptors (Lipinski definition) is 5. The largest absolute Gasteiger partial charge is 0.478 e. The number of rotatable bonds is 6. The fourth-order valence-electron chi connectivity index (χ4n) is 1.40. The monoisotopic (exact) mass is 252 g/mol. The number of aromatic nitrogens is 1. The molecular formula is C10H12N4O4. The summed E-state index contributed by atoms with van der Waals surface area (Å²) in [5.74, 6) is -2.70. The van der Waals surface area contributed by atoms with Crippen LogP contribution in [0.4, 0.5) is 5.82 Å². The molecule has 8 heteroatoms. The van der Waals surface area contributed by atoms with E-state index in [0.717, 1.165) is 4.90 Å². The summed E-state index contributed by atoms with van der Waals surface area (Å²) >= 11 is 0. The van der Waals surface area contributed by atoms with E-state index in [9.17, 15) is 14.4 Å². The summed E-state index contributed by atoms with van der Waals surface area (Å²) in [4.78, 5) is 37.8. The Bertz CT molecular complexity index is 473. The van der Waals surface area contributed by atoms with Crippen LogP contribution in [0.25, 0.3) is 0 Å². The zero-order valence-electron chi connectivity index (χ0n) is 9.37. The van der Waals surface area contributed by atoms with E-state index < -0.39 is 17.8 Å². The van der Waals surface area contributed by atoms with Crippen molar-refractivity contribution >= 4 is 23.6 Å². The van der Waals surface area contributed by atoms with Crippen molar-refractivity contribution in [2.75, 3.05) is 18.0 Å². The molecule has 0 bridgehead atoms. The Morgan fingerprint density at radius 3 is 2.22 bits per heavy atom. The average Bonchev–Trinajstić information content (AvgIpc) is 2.26. The number of carbonyl (C=O) groups is 3. The number of hydrogen-bond donors (Lipinski definition) is 3. The quantitative estimate of drug-likeness (QED) is 0.566. The molecule has 18 heavy (non-hydrogen) atoms. The number of carboxylic acid groups (broad SMARTS) is 1. The molecule has 0 aliphatic carbocycles. The van der Waals surface area contributed by atoms with Gasteiger partial charge in [-0.3, -0.25) is 9.59 Å². The van der Waals surface area contributed by atoms with Gasteiger partial charge in [-0.2, -0.15) is 0 Å². The minimum atomic E-state index is -1.22. The summed E-state index contributed by atoms with van der Waals surface area (Å²) in [5, 5.41) is 8.98. The third-order valence-corrected chi connectivity index (χ3v) is 2.01. The Morgan fingerprint density at radius 1 is 1.22 bits per heavy atom. The van der Waals surface area contributed by atoms with E-state index in [1.54, 1.807) is 0 Å². The van der Waals surface area contributed by atoms with E-state index in [0.29, 0.717) is 0 Å². The van der Waals surface area contributed by atoms with Gasteiger partial charge in [0.15, 0.2) is 0 Å². The van der Waals surface area contributed by atoms with Crippen LogP contribution in [0, 0.1) is 0 Å². The van der Waals surface area contributed by atoms with Crippen molar-refractivity contribution in [1.82, 2.24) is 4.98 Å². The van der Waals surface area contributed by atoms with Gasteiger partial charge in [-0.25, -0.2) is 9.78 Å². The van der Waals surface area contributed by atoms with Gasteiger partial charge < -0.3 is 21.5 Å². The summed E-state index contributed by atoms with van der Waals surface area (Å²) in [5.41, 5.74) is 9.91. The molecule has 0 unspecified atom stereocenters. The second kappa shape index (κ2) is 5.62. The fourth-order valence-corrected chi connectivity index (χ4v) is 1.40. The lowest BCUT2D eigenvalue weighted by Gasteiger charge is -2.21. The van der Waals surface area contributed by atoms with Crippen LogP contribution >= 0.6 is 0 Å². The topological polar surface area (TPSA) is 140 Å². The Morgan fingerprint density at radius 2 is 1.78 bits per heavy atom. The predicted molar refractivity (Wildman–Crippen MR) is 61.8 cm³/mol. The van der Waals surface area contributed by atoms with Crippen LogP contribution in [0.5, 0.6) is 0 Å². The average molecular weight is 252 g/mol. The molecule has 0 fully saturated rings. The zero-order chi connectivity index (χ0) is 13.7. The molecule has 1 aromatic rings. The first kappa shape index (κ1) is 13.4. The van der Waals surface area contributed by atoms with Gasteiger partial charge >= 0.3 is 5.97 Å². The number of nitrogens with zero attached hydrogens (tertiary/aromatic N) is 2. The molecule has 0 atom stereocenters. The molecule has 1 rings (SSSR count). The summed E-state index contributed by atoms with van der Waals surface area (Å²) in [6, 6.07) is 2.74. The standard InChI is InChI=1S/C10H12N4O4/c11-7(15)4-14(5-8(12)16)9-6(10(17)18)2-1-3-13-9/h1-3H,4-5H2,(H2,11,15)(H2,12,16)(H,17,18). The van der Waals surface area contributed by atoms with Gasteiger partial charge in [0.2, 0.25) is 11.8 Å². The van der Waals surface area contributed by atoms with E-state index in [1.165, 1.54) is 18.3 Å². The van der Waals surface area contributed by atoms with Crippen LogP contribution in [0.15, 0.2) is 18.3 Å². The van der Waals surface area contributed by atoms with Crippen molar-refractivity contribution < 1.29 is 19.5 Å². The summed E-state index contributed by atoms with van der Waals surface area (Å²) in [7, 11) is 0. The number of primary amides is 2. The number of nitrogens with two attached hydrogens (primary N) is 2. The van der Waals surface area contributed by atoms with Crippen LogP contribution in [0.1, 0.15) is 10.4 Å². The molecular weight excluding hydrogens is 240 g/mol. The van der Waals surface area contributed by atoms with Gasteiger partial charge in [-0.05, 0) is 12.1 Å². The highest BCUT2D eigenvalue weighted by atomic mass is 16.4. The van der Waals surface area contributed by atoms with Crippen LogP contribution in [0.3, 0.4) is 0 Å². The number of aromatic carboxylic acids is 1. The Hall–Kier alpha value is -2.64. The van der Waals surface area contributed by atoms with Gasteiger partial charge in [0.1, 0.15) is 11.4 Å². The lowest BCUT2D eigenvalue weighted by Crippen LogP contribution is -2.40. The van der Waals surface area contributed by atoms with Gasteiger partial charge in [0.25, 0.3) is 0 Å². The van der Waals surface area contributed by atoms with Crippen molar-refractivity contribution in [3.8, 4) is 0 Å². The maximum Gasteiger partial charge on any atom is 0.339 e. The fraction of sp³-hybridized carbons (Fsp3) is 0.200. The van der Waals surface area contributed by atoms with Crippen LogP contribution in [-0.4, -0.2) is 41.0 Å². The molecule has 8 nitrogen and oxygen atoms in total. The third kappa shape index (κ3) is 3.44. The van der Waals surface area contributed by atoms with Crippen molar-refractivity contribution in [3.63, 3.8) is 0 Å². The normalized spacial score (nSPS) is 9.78. The highest BCUT2D eigenvalue weighted by Gasteiger charge is 2.19. The number of amides is 2. The first-order valence-corrected chi connectivity index (χ1v) is 4.91. The minimum absolute atomic E-state index is 0.0254. The van der Waals surface area contributed by atoms with E-state index >= 15 is 0 Å². The SMILES string of the molecule is NC(=O)CN(CC(N)=O)c1ncccc1C(=O)O. The molecule has 0 saturated heterocycles. The van der Waals surface area contributed by atoms with Gasteiger partial charge in [0, 0.05) is 6.20 Å². The molecule has 1 heterocycles. The number of anilines is 1. The molecule has 96 valence electrons. The number of carbonyl (C=O) groups excluding carboxylic acids is 2. The maximum absolute atomic E-state index is 11.0. The second-order valence-corrected chi connectivity index (χ2v) is 3.47. The maximum atomic E-state index is 11.0. The Kier molecular flexibility index (Phi) is 4.19. The molecule has 0 radical (unpaired) electrons. The number of carboxylic acids is 1. The Labute approximate surface area is 102 Å². The summed E-state index contributed by atoms with van der Waals surface area (Å²) in [6.45, 7) is -0.694. The minimum Gasteiger partial charge on any atom is -0.478 e. The van der Waals surface area contributed by atoms with Crippen LogP contribution in [0.2, 0.25) is 0 Å². The third-order valence-electron chi connectivity index (χ3n) is 2.01. The second-order valence-electron chi connectivity index (χ2n) is 3.47. The van der Waals surface area contributed by atoms with E-state index in [-0.39, 0.29) is 24.5 Å². The lowest BCUT2D eigenvalue weighted by molar-refractivity contribution is -0.117. The van der Waals surface area contributed by atoms with Gasteiger partial charge in [-0.15, -0.1) is 0 Å². The summed E-state index contributed by atoms with van der Waals surface area (Å²) < 4.78 is 0. The van der Waals surface area contributed by atoms with Gasteiger partial charge in [-0.1, -0.05) is 0 Å². The molecule has 0 aromatic carbocycles. The highest BCUT2D eigenvalue weighted by Crippen LogP contribution is 2.16.